The van der Waals surface area contributed by atoms with Gasteiger partial charge in [0.1, 0.15) is 0 Å². The average molecular weight is 162 g/mol. The molecule has 0 radical (unpaired) electrons. The van der Waals surface area contributed by atoms with Gasteiger partial charge in [-0.3, -0.25) is 0 Å². The first-order chi connectivity index (χ1) is 5.53. The highest BCUT2D eigenvalue weighted by atomic mass is 14.4. The Morgan fingerprint density at radius 2 is 2.00 bits per heavy atom. The summed E-state index contributed by atoms with van der Waals surface area (Å²) in [7, 11) is 0. The van der Waals surface area contributed by atoms with E-state index in [1.807, 2.05) is 6.08 Å². The van der Waals surface area contributed by atoms with Crippen LogP contribution in [0.25, 0.3) is 0 Å². The zero-order chi connectivity index (χ0) is 9.35. The molecule has 0 fully saturated rings. The zero-order valence-corrected chi connectivity index (χ0v) is 8.52. The molecule has 0 N–H and O–H groups in total. The van der Waals surface area contributed by atoms with Crippen LogP contribution < -0.4 is 0 Å². The summed E-state index contributed by atoms with van der Waals surface area (Å²) in [5.74, 6) is 0.639. The van der Waals surface area contributed by atoms with Gasteiger partial charge in [-0.25, -0.2) is 0 Å². The second-order valence-corrected chi connectivity index (χ2v) is 4.03. The quantitative estimate of drug-likeness (QED) is 0.580. The van der Waals surface area contributed by atoms with Crippen LogP contribution in [0.3, 0.4) is 0 Å². The molecular formula is C12H18. The molecule has 0 aromatic carbocycles. The minimum absolute atomic E-state index is 0.224. The Labute approximate surface area is 75.7 Å². The molecule has 0 saturated heterocycles. The van der Waals surface area contributed by atoms with Crippen molar-refractivity contribution in [3.8, 4) is 0 Å². The smallest absolute Gasteiger partial charge is 0.0156 e. The second kappa shape index (κ2) is 2.93. The third kappa shape index (κ3) is 1.06. The van der Waals surface area contributed by atoms with E-state index in [2.05, 4.69) is 46.4 Å². The summed E-state index contributed by atoms with van der Waals surface area (Å²) in [6, 6.07) is 0. The third-order valence-corrected chi connectivity index (χ3v) is 3.31. The lowest BCUT2D eigenvalue weighted by atomic mass is 9.71. The predicted octanol–water partition coefficient (Wildman–Crippen LogP) is 3.72. The van der Waals surface area contributed by atoms with Crippen LogP contribution in [0, 0.1) is 11.3 Å². The van der Waals surface area contributed by atoms with E-state index < -0.39 is 0 Å². The first kappa shape index (κ1) is 9.31. The van der Waals surface area contributed by atoms with Gasteiger partial charge in [-0.1, -0.05) is 51.2 Å². The van der Waals surface area contributed by atoms with Gasteiger partial charge < -0.3 is 0 Å². The number of rotatable bonds is 2. The molecule has 1 aliphatic carbocycles. The van der Waals surface area contributed by atoms with Crippen molar-refractivity contribution in [3.05, 3.63) is 36.0 Å². The second-order valence-electron chi connectivity index (χ2n) is 4.03. The number of hydrogen-bond acceptors (Lipinski definition) is 0. The third-order valence-electron chi connectivity index (χ3n) is 3.31. The van der Waals surface area contributed by atoms with E-state index in [4.69, 9.17) is 0 Å². The molecule has 0 heteroatoms. The van der Waals surface area contributed by atoms with Crippen molar-refractivity contribution in [2.45, 2.75) is 27.7 Å². The lowest BCUT2D eigenvalue weighted by Crippen LogP contribution is -2.24. The van der Waals surface area contributed by atoms with Crippen LogP contribution in [0.2, 0.25) is 0 Å². The minimum atomic E-state index is 0.224. The van der Waals surface area contributed by atoms with Gasteiger partial charge in [-0.15, -0.1) is 0 Å². The minimum Gasteiger partial charge on any atom is -0.0988 e. The van der Waals surface area contributed by atoms with Crippen LogP contribution in [-0.4, -0.2) is 0 Å². The molecule has 0 spiro atoms. The predicted molar refractivity (Wildman–Crippen MR) is 55.0 cm³/mol. The van der Waals surface area contributed by atoms with Crippen molar-refractivity contribution in [1.82, 2.24) is 0 Å². The summed E-state index contributed by atoms with van der Waals surface area (Å²) in [5, 5.41) is 0. The highest BCUT2D eigenvalue weighted by Gasteiger charge is 2.34. The van der Waals surface area contributed by atoms with Crippen molar-refractivity contribution >= 4 is 0 Å². The van der Waals surface area contributed by atoms with Gasteiger partial charge in [-0.2, -0.15) is 0 Å². The van der Waals surface area contributed by atoms with Crippen LogP contribution in [-0.2, 0) is 0 Å². The van der Waals surface area contributed by atoms with E-state index in [0.717, 1.165) is 0 Å². The summed E-state index contributed by atoms with van der Waals surface area (Å²) >= 11 is 0. The van der Waals surface area contributed by atoms with Crippen LogP contribution in [0.4, 0.5) is 0 Å². The van der Waals surface area contributed by atoms with E-state index >= 15 is 0 Å². The van der Waals surface area contributed by atoms with Gasteiger partial charge >= 0.3 is 0 Å². The Kier molecular flexibility index (Phi) is 2.27. The maximum atomic E-state index is 3.85. The summed E-state index contributed by atoms with van der Waals surface area (Å²) in [5.41, 5.74) is 3.03. The van der Waals surface area contributed by atoms with Crippen LogP contribution >= 0.6 is 0 Å². The average Bonchev–Trinajstić information content (AvgIpc) is 2.30. The van der Waals surface area contributed by atoms with Crippen LogP contribution in [0.1, 0.15) is 27.7 Å². The monoisotopic (exact) mass is 162 g/mol. The molecule has 1 atom stereocenters. The number of hydrogen-bond donors (Lipinski definition) is 0. The van der Waals surface area contributed by atoms with Crippen molar-refractivity contribution in [2.24, 2.45) is 11.3 Å². The normalized spacial score (nSPS) is 28.8. The summed E-state index contributed by atoms with van der Waals surface area (Å²) in [4.78, 5) is 0. The summed E-state index contributed by atoms with van der Waals surface area (Å²) in [6.45, 7) is 12.9. The summed E-state index contributed by atoms with van der Waals surface area (Å²) < 4.78 is 0. The van der Waals surface area contributed by atoms with E-state index in [1.54, 1.807) is 0 Å². The molecule has 0 amide bonds. The lowest BCUT2D eigenvalue weighted by Gasteiger charge is -2.33. The van der Waals surface area contributed by atoms with E-state index in [-0.39, 0.29) is 5.41 Å². The molecule has 0 heterocycles. The first-order valence-electron chi connectivity index (χ1n) is 4.55. The maximum Gasteiger partial charge on any atom is 0.0156 e. The maximum absolute atomic E-state index is 3.85. The molecule has 66 valence electrons. The number of allylic oxidation sites excluding steroid dienone is 5. The SMILES string of the molecule is C=CC1=CC=C(C)[C@]1(C)C(C)C. The Morgan fingerprint density at radius 3 is 2.33 bits per heavy atom. The van der Waals surface area contributed by atoms with Crippen molar-refractivity contribution in [3.63, 3.8) is 0 Å². The molecule has 0 aromatic heterocycles. The molecule has 0 nitrogen and oxygen atoms in total. The lowest BCUT2D eigenvalue weighted by molar-refractivity contribution is 0.349. The van der Waals surface area contributed by atoms with Gasteiger partial charge in [0.15, 0.2) is 0 Å². The molecule has 0 bridgehead atoms. The van der Waals surface area contributed by atoms with Gasteiger partial charge in [0, 0.05) is 5.41 Å². The van der Waals surface area contributed by atoms with Gasteiger partial charge in [0.25, 0.3) is 0 Å². The molecule has 1 aliphatic rings. The van der Waals surface area contributed by atoms with E-state index in [0.29, 0.717) is 5.92 Å². The Hall–Kier alpha value is -0.780. The van der Waals surface area contributed by atoms with Crippen molar-refractivity contribution in [1.29, 1.82) is 0 Å². The molecule has 0 aliphatic heterocycles. The van der Waals surface area contributed by atoms with Crippen molar-refractivity contribution < 1.29 is 0 Å². The van der Waals surface area contributed by atoms with E-state index in [9.17, 15) is 0 Å². The fourth-order valence-electron chi connectivity index (χ4n) is 1.86. The highest BCUT2D eigenvalue weighted by molar-refractivity contribution is 5.44. The Morgan fingerprint density at radius 1 is 1.42 bits per heavy atom. The molecule has 12 heavy (non-hydrogen) atoms. The van der Waals surface area contributed by atoms with Crippen molar-refractivity contribution in [2.75, 3.05) is 0 Å². The fourth-order valence-corrected chi connectivity index (χ4v) is 1.86. The van der Waals surface area contributed by atoms with Crippen LogP contribution in [0.5, 0.6) is 0 Å². The molecule has 0 saturated carbocycles. The standard InChI is InChI=1S/C12H18/c1-6-11-8-7-10(4)12(11,5)9(2)3/h6-9H,1H2,2-5H3/t12-/m0/s1. The van der Waals surface area contributed by atoms with E-state index in [1.165, 1.54) is 11.1 Å². The fraction of sp³-hybridized carbons (Fsp3) is 0.500. The molecule has 0 aromatic rings. The molecule has 1 rings (SSSR count). The topological polar surface area (TPSA) is 0 Å². The summed E-state index contributed by atoms with van der Waals surface area (Å²) in [6.07, 6.45) is 6.37. The van der Waals surface area contributed by atoms with Gasteiger partial charge in [0.2, 0.25) is 0 Å². The first-order valence-corrected chi connectivity index (χ1v) is 4.55. The molecule has 0 unspecified atom stereocenters. The Bertz CT molecular complexity index is 253. The highest BCUT2D eigenvalue weighted by Crippen LogP contribution is 2.45. The molecular weight excluding hydrogens is 144 g/mol. The van der Waals surface area contributed by atoms with Gasteiger partial charge in [-0.05, 0) is 18.4 Å². The zero-order valence-electron chi connectivity index (χ0n) is 8.52. The van der Waals surface area contributed by atoms with Crippen LogP contribution in [0.15, 0.2) is 36.0 Å². The Balaban J connectivity index is 3.08. The largest absolute Gasteiger partial charge is 0.0988 e. The van der Waals surface area contributed by atoms with Gasteiger partial charge in [0.05, 0.1) is 0 Å².